The topological polar surface area (TPSA) is 58.4 Å². The Labute approximate surface area is 133 Å². The Bertz CT molecular complexity index is 767. The summed E-state index contributed by atoms with van der Waals surface area (Å²) in [7, 11) is 0. The number of carbonyl (C=O) groups excluding carboxylic acids is 1. The van der Waals surface area contributed by atoms with Gasteiger partial charge >= 0.3 is 6.03 Å². The number of carbonyl (C=O) groups is 1. The summed E-state index contributed by atoms with van der Waals surface area (Å²) in [4.78, 5) is 14.2. The third-order valence-corrected chi connectivity index (χ3v) is 4.92. The fourth-order valence-corrected chi connectivity index (χ4v) is 3.68. The average Bonchev–Trinajstić information content (AvgIpc) is 3.06. The first-order valence-electron chi connectivity index (χ1n) is 7.86. The standard InChI is InChI=1S/C17H18FN3O2/c1-11-8-12(23-20-11)9-19-16(22)21-10-17(6-3-7-17)15-13(18)4-2-5-14(15)21/h2,4-5,8H,3,6-7,9-10H2,1H3,(H,19,22). The molecule has 1 aliphatic heterocycles. The number of rotatable bonds is 2. The molecular formula is C17H18FN3O2. The van der Waals surface area contributed by atoms with Crippen molar-refractivity contribution in [3.05, 3.63) is 47.1 Å². The zero-order chi connectivity index (χ0) is 16.0. The van der Waals surface area contributed by atoms with Crippen LogP contribution >= 0.6 is 0 Å². The van der Waals surface area contributed by atoms with E-state index in [1.54, 1.807) is 17.0 Å². The lowest BCUT2D eigenvalue weighted by atomic mass is 9.65. The molecule has 1 N–H and O–H groups in total. The monoisotopic (exact) mass is 315 g/mol. The number of hydrogen-bond acceptors (Lipinski definition) is 3. The Morgan fingerprint density at radius 3 is 2.96 bits per heavy atom. The lowest BCUT2D eigenvalue weighted by Gasteiger charge is -2.38. The molecular weight excluding hydrogens is 297 g/mol. The first-order chi connectivity index (χ1) is 11.1. The first kappa shape index (κ1) is 14.2. The van der Waals surface area contributed by atoms with Crippen molar-refractivity contribution in [1.29, 1.82) is 0 Å². The molecule has 1 aliphatic carbocycles. The van der Waals surface area contributed by atoms with Gasteiger partial charge in [0.2, 0.25) is 0 Å². The summed E-state index contributed by atoms with van der Waals surface area (Å²) in [5.74, 6) is 0.399. The van der Waals surface area contributed by atoms with Gasteiger partial charge in [-0.15, -0.1) is 0 Å². The molecule has 0 atom stereocenters. The molecule has 2 heterocycles. The van der Waals surface area contributed by atoms with Gasteiger partial charge in [-0.3, -0.25) is 4.90 Å². The van der Waals surface area contributed by atoms with Crippen molar-refractivity contribution in [3.8, 4) is 0 Å². The molecule has 2 aliphatic rings. The van der Waals surface area contributed by atoms with Gasteiger partial charge < -0.3 is 9.84 Å². The Morgan fingerprint density at radius 1 is 1.48 bits per heavy atom. The van der Waals surface area contributed by atoms with Crippen LogP contribution in [0.4, 0.5) is 14.9 Å². The average molecular weight is 315 g/mol. The molecule has 1 saturated carbocycles. The van der Waals surface area contributed by atoms with Crippen LogP contribution < -0.4 is 10.2 Å². The Kier molecular flexibility index (Phi) is 3.14. The van der Waals surface area contributed by atoms with Crippen LogP contribution in [0.2, 0.25) is 0 Å². The number of amides is 2. The van der Waals surface area contributed by atoms with Crippen molar-refractivity contribution >= 4 is 11.7 Å². The molecule has 23 heavy (non-hydrogen) atoms. The number of aromatic nitrogens is 1. The number of anilines is 1. The van der Waals surface area contributed by atoms with Crippen molar-refractivity contribution in [1.82, 2.24) is 10.5 Å². The van der Waals surface area contributed by atoms with Crippen LogP contribution in [-0.2, 0) is 12.0 Å². The van der Waals surface area contributed by atoms with Gasteiger partial charge in [0, 0.05) is 23.6 Å². The highest BCUT2D eigenvalue weighted by Gasteiger charge is 2.50. The number of aryl methyl sites for hydroxylation is 1. The van der Waals surface area contributed by atoms with E-state index in [1.165, 1.54) is 6.07 Å². The molecule has 120 valence electrons. The number of fused-ring (bicyclic) bond motifs is 2. The zero-order valence-corrected chi connectivity index (χ0v) is 12.9. The molecule has 0 saturated heterocycles. The first-order valence-corrected chi connectivity index (χ1v) is 7.86. The molecule has 5 nitrogen and oxygen atoms in total. The van der Waals surface area contributed by atoms with Crippen LogP contribution in [0.25, 0.3) is 0 Å². The van der Waals surface area contributed by atoms with Crippen molar-refractivity contribution in [3.63, 3.8) is 0 Å². The van der Waals surface area contributed by atoms with E-state index >= 15 is 0 Å². The predicted octanol–water partition coefficient (Wildman–Crippen LogP) is 3.27. The number of benzene rings is 1. The summed E-state index contributed by atoms with van der Waals surface area (Å²) in [6, 6.07) is 6.52. The van der Waals surface area contributed by atoms with Gasteiger partial charge in [-0.2, -0.15) is 0 Å². The summed E-state index contributed by atoms with van der Waals surface area (Å²) in [5, 5.41) is 6.63. The van der Waals surface area contributed by atoms with E-state index in [9.17, 15) is 9.18 Å². The minimum Gasteiger partial charge on any atom is -0.359 e. The molecule has 1 spiro atoms. The maximum Gasteiger partial charge on any atom is 0.322 e. The lowest BCUT2D eigenvalue weighted by Crippen LogP contribution is -2.45. The van der Waals surface area contributed by atoms with Gasteiger partial charge in [0.05, 0.1) is 17.9 Å². The van der Waals surface area contributed by atoms with Gasteiger partial charge in [0.1, 0.15) is 5.82 Å². The Morgan fingerprint density at radius 2 is 2.30 bits per heavy atom. The second kappa shape index (κ2) is 5.08. The highest BCUT2D eigenvalue weighted by molar-refractivity contribution is 5.95. The van der Waals surface area contributed by atoms with Crippen LogP contribution in [0.1, 0.15) is 36.3 Å². The van der Waals surface area contributed by atoms with E-state index in [-0.39, 0.29) is 23.8 Å². The zero-order valence-electron chi connectivity index (χ0n) is 12.9. The Balaban J connectivity index is 1.56. The summed E-state index contributed by atoms with van der Waals surface area (Å²) in [6.45, 7) is 2.65. The van der Waals surface area contributed by atoms with E-state index in [1.807, 2.05) is 13.0 Å². The van der Waals surface area contributed by atoms with Crippen LogP contribution in [0.3, 0.4) is 0 Å². The summed E-state index contributed by atoms with van der Waals surface area (Å²) >= 11 is 0. The van der Waals surface area contributed by atoms with Crippen molar-refractivity contribution in [2.45, 2.75) is 38.1 Å². The van der Waals surface area contributed by atoms with Crippen molar-refractivity contribution in [2.24, 2.45) is 0 Å². The number of halogens is 1. The van der Waals surface area contributed by atoms with Crippen LogP contribution in [0.15, 0.2) is 28.8 Å². The Hall–Kier alpha value is -2.37. The van der Waals surface area contributed by atoms with Gasteiger partial charge in [0.25, 0.3) is 0 Å². The highest BCUT2D eigenvalue weighted by atomic mass is 19.1. The van der Waals surface area contributed by atoms with Crippen LogP contribution in [-0.4, -0.2) is 17.7 Å². The molecule has 0 bridgehead atoms. The maximum atomic E-state index is 14.3. The lowest BCUT2D eigenvalue weighted by molar-refractivity contribution is 0.232. The second-order valence-corrected chi connectivity index (χ2v) is 6.45. The smallest absolute Gasteiger partial charge is 0.322 e. The molecule has 1 fully saturated rings. The van der Waals surface area contributed by atoms with Gasteiger partial charge in [0.15, 0.2) is 5.76 Å². The SMILES string of the molecule is Cc1cc(CNC(=O)N2CC3(CCC3)c3c(F)cccc32)on1. The molecule has 4 rings (SSSR count). The summed E-state index contributed by atoms with van der Waals surface area (Å²) < 4.78 is 19.4. The number of nitrogens with one attached hydrogen (secondary N) is 1. The van der Waals surface area contributed by atoms with Gasteiger partial charge in [-0.25, -0.2) is 9.18 Å². The summed E-state index contributed by atoms with van der Waals surface area (Å²) in [6.07, 6.45) is 2.96. The molecule has 0 unspecified atom stereocenters. The summed E-state index contributed by atoms with van der Waals surface area (Å²) in [5.41, 5.74) is 1.98. The molecule has 1 aromatic heterocycles. The van der Waals surface area contributed by atoms with E-state index in [0.29, 0.717) is 23.6 Å². The molecule has 0 radical (unpaired) electrons. The van der Waals surface area contributed by atoms with Crippen LogP contribution in [0.5, 0.6) is 0 Å². The third-order valence-electron chi connectivity index (χ3n) is 4.92. The molecule has 6 heteroatoms. The van der Waals surface area contributed by atoms with E-state index in [2.05, 4.69) is 10.5 Å². The maximum absolute atomic E-state index is 14.3. The largest absolute Gasteiger partial charge is 0.359 e. The fraction of sp³-hybridized carbons (Fsp3) is 0.412. The minimum absolute atomic E-state index is 0.194. The van der Waals surface area contributed by atoms with Gasteiger partial charge in [-0.05, 0) is 31.9 Å². The number of nitrogens with zero attached hydrogens (tertiary/aromatic N) is 2. The second-order valence-electron chi connectivity index (χ2n) is 6.45. The highest BCUT2D eigenvalue weighted by Crippen LogP contribution is 2.53. The van der Waals surface area contributed by atoms with Gasteiger partial charge in [-0.1, -0.05) is 17.6 Å². The molecule has 1 aromatic carbocycles. The molecule has 2 amide bonds. The normalized spacial score (nSPS) is 17.9. The fourth-order valence-electron chi connectivity index (χ4n) is 3.68. The van der Waals surface area contributed by atoms with E-state index < -0.39 is 0 Å². The van der Waals surface area contributed by atoms with Crippen molar-refractivity contribution in [2.75, 3.05) is 11.4 Å². The molecule has 2 aromatic rings. The van der Waals surface area contributed by atoms with Crippen molar-refractivity contribution < 1.29 is 13.7 Å². The predicted molar refractivity (Wildman–Crippen MR) is 82.8 cm³/mol. The van der Waals surface area contributed by atoms with Crippen LogP contribution in [0, 0.1) is 12.7 Å². The quantitative estimate of drug-likeness (QED) is 0.925. The number of hydrogen-bond donors (Lipinski definition) is 1. The minimum atomic E-state index is -0.227. The van der Waals surface area contributed by atoms with E-state index in [0.717, 1.165) is 25.0 Å². The third kappa shape index (κ3) is 2.20. The van der Waals surface area contributed by atoms with E-state index in [4.69, 9.17) is 4.52 Å². The number of urea groups is 1.